The first-order chi connectivity index (χ1) is 15.8. The Balaban J connectivity index is 2.44. The molecule has 3 amide bonds. The molecule has 0 heterocycles. The molecule has 3 N–H and O–H groups in total. The summed E-state index contributed by atoms with van der Waals surface area (Å²) in [6.45, 7) is 10.8. The van der Waals surface area contributed by atoms with Gasteiger partial charge in [-0.3, -0.25) is 9.59 Å². The van der Waals surface area contributed by atoms with Crippen molar-refractivity contribution in [2.45, 2.75) is 90.6 Å². The van der Waals surface area contributed by atoms with Gasteiger partial charge in [-0.05, 0) is 96.1 Å². The van der Waals surface area contributed by atoms with Crippen LogP contribution in [-0.2, 0) is 14.3 Å². The van der Waals surface area contributed by atoms with Crippen molar-refractivity contribution in [3.63, 3.8) is 0 Å². The van der Waals surface area contributed by atoms with Crippen LogP contribution in [-0.4, -0.2) is 63.6 Å². The number of ether oxygens (including phenoxy) is 1. The first-order valence-electron chi connectivity index (χ1n) is 11.7. The van der Waals surface area contributed by atoms with E-state index in [1.54, 1.807) is 62.6 Å². The van der Waals surface area contributed by atoms with Crippen LogP contribution < -0.4 is 10.6 Å². The zero-order valence-electron chi connectivity index (χ0n) is 21.3. The summed E-state index contributed by atoms with van der Waals surface area (Å²) in [5.41, 5.74) is 0.541. The molecule has 9 heteroatoms. The molecule has 1 aliphatic carbocycles. The summed E-state index contributed by atoms with van der Waals surface area (Å²) in [6.07, 6.45) is 3.26. The first-order valence-corrected chi connectivity index (χ1v) is 13.1. The smallest absolute Gasteiger partial charge is 0.408 e. The van der Waals surface area contributed by atoms with E-state index in [0.29, 0.717) is 23.3 Å². The number of aromatic hydroxyl groups is 1. The second-order valence-corrected chi connectivity index (χ2v) is 11.1. The van der Waals surface area contributed by atoms with Crippen molar-refractivity contribution in [2.24, 2.45) is 0 Å². The van der Waals surface area contributed by atoms with Crippen molar-refractivity contribution in [3.05, 3.63) is 29.3 Å². The maximum Gasteiger partial charge on any atom is 0.408 e. The molecular formula is C25H39N3O5S. The first kappa shape index (κ1) is 27.8. The number of phenols is 1. The molecule has 0 spiro atoms. The number of thioether (sulfide) groups is 1. The van der Waals surface area contributed by atoms with Gasteiger partial charge in [0.2, 0.25) is 11.8 Å². The van der Waals surface area contributed by atoms with Gasteiger partial charge in [0.25, 0.3) is 0 Å². The Labute approximate surface area is 207 Å². The molecule has 2 unspecified atom stereocenters. The molecule has 190 valence electrons. The van der Waals surface area contributed by atoms with E-state index >= 15 is 0 Å². The predicted molar refractivity (Wildman–Crippen MR) is 135 cm³/mol. The van der Waals surface area contributed by atoms with Crippen LogP contribution in [0.2, 0.25) is 0 Å². The molecule has 1 aromatic rings. The van der Waals surface area contributed by atoms with Crippen LogP contribution in [0.1, 0.15) is 71.0 Å². The van der Waals surface area contributed by atoms with Crippen LogP contribution in [0.25, 0.3) is 0 Å². The van der Waals surface area contributed by atoms with Crippen molar-refractivity contribution >= 4 is 29.7 Å². The van der Waals surface area contributed by atoms with Gasteiger partial charge in [-0.25, -0.2) is 4.79 Å². The molecule has 0 bridgehead atoms. The number of carbonyl (C=O) groups is 3. The third kappa shape index (κ3) is 8.11. The zero-order chi connectivity index (χ0) is 25.6. The quantitative estimate of drug-likeness (QED) is 0.456. The summed E-state index contributed by atoms with van der Waals surface area (Å²) in [5, 5.41) is 15.7. The molecule has 0 saturated heterocycles. The lowest BCUT2D eigenvalue weighted by Gasteiger charge is -2.35. The topological polar surface area (TPSA) is 108 Å². The molecule has 0 radical (unpaired) electrons. The fraction of sp³-hybridized carbons (Fsp3) is 0.640. The average Bonchev–Trinajstić information content (AvgIpc) is 3.54. The molecule has 1 aromatic carbocycles. The molecule has 1 saturated carbocycles. The van der Waals surface area contributed by atoms with Gasteiger partial charge in [-0.2, -0.15) is 11.8 Å². The van der Waals surface area contributed by atoms with Gasteiger partial charge < -0.3 is 25.4 Å². The number of hydrogen-bond acceptors (Lipinski definition) is 6. The summed E-state index contributed by atoms with van der Waals surface area (Å²) >= 11 is 1.58. The number of nitrogens with zero attached hydrogens (tertiary/aromatic N) is 1. The lowest BCUT2D eigenvalue weighted by atomic mass is 9.99. The largest absolute Gasteiger partial charge is 0.508 e. The van der Waals surface area contributed by atoms with E-state index in [1.165, 1.54) is 0 Å². The minimum atomic E-state index is -0.876. The number of rotatable bonds is 10. The Bertz CT molecular complexity index is 880. The van der Waals surface area contributed by atoms with E-state index in [9.17, 15) is 19.5 Å². The Morgan fingerprint density at radius 3 is 2.35 bits per heavy atom. The van der Waals surface area contributed by atoms with E-state index in [1.807, 2.05) is 20.1 Å². The van der Waals surface area contributed by atoms with Crippen molar-refractivity contribution in [3.8, 4) is 5.75 Å². The van der Waals surface area contributed by atoms with Crippen LogP contribution in [0.4, 0.5) is 4.79 Å². The summed E-state index contributed by atoms with van der Waals surface area (Å²) in [4.78, 5) is 41.4. The second kappa shape index (κ2) is 11.8. The number of amides is 3. The Morgan fingerprint density at radius 2 is 1.85 bits per heavy atom. The highest BCUT2D eigenvalue weighted by Gasteiger charge is 2.44. The van der Waals surface area contributed by atoms with Gasteiger partial charge in [0.05, 0.1) is 0 Å². The highest BCUT2D eigenvalue weighted by atomic mass is 32.2. The minimum absolute atomic E-state index is 0.0956. The van der Waals surface area contributed by atoms with Crippen LogP contribution in [0.3, 0.4) is 0 Å². The molecule has 2 atom stereocenters. The third-order valence-corrected chi connectivity index (χ3v) is 5.93. The summed E-state index contributed by atoms with van der Waals surface area (Å²) in [6, 6.07) is 3.04. The lowest BCUT2D eigenvalue weighted by Crippen LogP contribution is -2.54. The normalized spacial score (nSPS) is 15.4. The van der Waals surface area contributed by atoms with Gasteiger partial charge >= 0.3 is 6.09 Å². The maximum atomic E-state index is 13.9. The van der Waals surface area contributed by atoms with Gasteiger partial charge in [0.15, 0.2) is 0 Å². The van der Waals surface area contributed by atoms with E-state index in [0.717, 1.165) is 12.8 Å². The number of phenolic OH excluding ortho intramolecular Hbond substituents is 1. The molecule has 8 nitrogen and oxygen atoms in total. The fourth-order valence-electron chi connectivity index (χ4n) is 3.64. The fourth-order valence-corrected chi connectivity index (χ4v) is 4.12. The number of alkyl carbamates (subject to hydrolysis) is 1. The van der Waals surface area contributed by atoms with Gasteiger partial charge in [-0.15, -0.1) is 0 Å². The minimum Gasteiger partial charge on any atom is -0.508 e. The van der Waals surface area contributed by atoms with Crippen LogP contribution in [0, 0.1) is 6.92 Å². The number of carbonyl (C=O) groups excluding carboxylic acids is 3. The zero-order valence-corrected chi connectivity index (χ0v) is 22.1. The standard InChI is InChI=1S/C25H39N3O5S/c1-15(2)26-22(30)21(17-8-11-20(29)16(3)14-17)28(18-9-10-18)23(31)19(12-13-34-7)27-24(32)33-25(4,5)6/h8,11,14-15,18-19,21,29H,9-10,12-13H2,1-7H3,(H,26,30)(H,27,32). The summed E-state index contributed by atoms with van der Waals surface area (Å²) in [5.74, 6) is 0.185. The number of benzene rings is 1. The van der Waals surface area contributed by atoms with Gasteiger partial charge in [0.1, 0.15) is 23.4 Å². The average molecular weight is 494 g/mol. The predicted octanol–water partition coefficient (Wildman–Crippen LogP) is 3.90. The van der Waals surface area contributed by atoms with Crippen LogP contribution in [0.5, 0.6) is 5.75 Å². The number of nitrogens with one attached hydrogen (secondary N) is 2. The lowest BCUT2D eigenvalue weighted by molar-refractivity contribution is -0.143. The molecule has 34 heavy (non-hydrogen) atoms. The Hall–Kier alpha value is -2.42. The van der Waals surface area contributed by atoms with Gasteiger partial charge in [-0.1, -0.05) is 6.07 Å². The van der Waals surface area contributed by atoms with E-state index in [2.05, 4.69) is 10.6 Å². The molecular weight excluding hydrogens is 454 g/mol. The van der Waals surface area contributed by atoms with E-state index < -0.39 is 23.8 Å². The molecule has 1 fully saturated rings. The third-order valence-electron chi connectivity index (χ3n) is 5.29. The van der Waals surface area contributed by atoms with Crippen molar-refractivity contribution in [1.82, 2.24) is 15.5 Å². The number of hydrogen-bond donors (Lipinski definition) is 3. The van der Waals surface area contributed by atoms with Crippen molar-refractivity contribution < 1.29 is 24.2 Å². The van der Waals surface area contributed by atoms with Crippen LogP contribution >= 0.6 is 11.8 Å². The molecule has 1 aliphatic rings. The number of aryl methyl sites for hydroxylation is 1. The molecule has 0 aliphatic heterocycles. The van der Waals surface area contributed by atoms with E-state index in [4.69, 9.17) is 4.74 Å². The van der Waals surface area contributed by atoms with Crippen molar-refractivity contribution in [1.29, 1.82) is 0 Å². The summed E-state index contributed by atoms with van der Waals surface area (Å²) in [7, 11) is 0. The van der Waals surface area contributed by atoms with Crippen molar-refractivity contribution in [2.75, 3.05) is 12.0 Å². The highest BCUT2D eigenvalue weighted by Crippen LogP contribution is 2.37. The Morgan fingerprint density at radius 1 is 1.21 bits per heavy atom. The Kier molecular flexibility index (Phi) is 9.67. The molecule has 2 rings (SSSR count). The van der Waals surface area contributed by atoms with Crippen LogP contribution in [0.15, 0.2) is 18.2 Å². The monoisotopic (exact) mass is 493 g/mol. The second-order valence-electron chi connectivity index (χ2n) is 10.1. The molecule has 0 aromatic heterocycles. The summed E-state index contributed by atoms with van der Waals surface area (Å²) < 4.78 is 5.39. The van der Waals surface area contributed by atoms with E-state index in [-0.39, 0.29) is 29.6 Å². The maximum absolute atomic E-state index is 13.9. The SMILES string of the molecule is CSCCC(NC(=O)OC(C)(C)C)C(=O)N(C1CC1)C(C(=O)NC(C)C)c1ccc(O)c(C)c1. The highest BCUT2D eigenvalue weighted by molar-refractivity contribution is 7.98. The van der Waals surface area contributed by atoms with Gasteiger partial charge in [0, 0.05) is 12.1 Å².